The molecule has 0 spiro atoms. The Kier molecular flexibility index (Phi) is 3.73. The van der Waals surface area contributed by atoms with Crippen LogP contribution in [0.1, 0.15) is 5.69 Å². The van der Waals surface area contributed by atoms with Crippen LogP contribution in [-0.4, -0.2) is 16.4 Å². The monoisotopic (exact) mass is 355 g/mol. The number of benzene rings is 1. The summed E-state index contributed by atoms with van der Waals surface area (Å²) in [5.41, 5.74) is 0.867. The molecule has 7 heteroatoms. The van der Waals surface area contributed by atoms with Gasteiger partial charge in [-0.05, 0) is 25.2 Å². The number of ether oxygens (including phenoxy) is 1. The first-order valence-corrected chi connectivity index (χ1v) is 7.58. The second-order valence-electron chi connectivity index (χ2n) is 4.13. The Bertz CT molecular complexity index is 755. The molecule has 0 aliphatic rings. The van der Waals surface area contributed by atoms with Crippen molar-refractivity contribution in [1.29, 1.82) is 0 Å². The minimum Gasteiger partial charge on any atom is -0.434 e. The zero-order valence-corrected chi connectivity index (χ0v) is 13.0. The summed E-state index contributed by atoms with van der Waals surface area (Å²) in [6.45, 7) is 0.589. The quantitative estimate of drug-likeness (QED) is 0.773. The molecular formula is C13H11BrFN3OS. The highest BCUT2D eigenvalue weighted by molar-refractivity contribution is 9.10. The fraction of sp³-hybridized carbons (Fsp3) is 0.154. The van der Waals surface area contributed by atoms with E-state index in [2.05, 4.69) is 26.2 Å². The Morgan fingerprint density at radius 1 is 1.50 bits per heavy atom. The molecule has 0 saturated heterocycles. The van der Waals surface area contributed by atoms with E-state index in [0.717, 1.165) is 10.7 Å². The van der Waals surface area contributed by atoms with Crippen LogP contribution < -0.4 is 10.1 Å². The number of hydrogen-bond acceptors (Lipinski definition) is 4. The third-order valence-corrected chi connectivity index (χ3v) is 4.02. The van der Waals surface area contributed by atoms with Gasteiger partial charge < -0.3 is 10.1 Å². The van der Waals surface area contributed by atoms with Crippen molar-refractivity contribution in [2.24, 2.45) is 0 Å². The second kappa shape index (κ2) is 5.51. The molecular weight excluding hydrogens is 345 g/mol. The second-order valence-corrected chi connectivity index (χ2v) is 5.92. The van der Waals surface area contributed by atoms with E-state index in [4.69, 9.17) is 4.74 Å². The van der Waals surface area contributed by atoms with E-state index >= 15 is 0 Å². The third-order valence-electron chi connectivity index (χ3n) is 2.77. The van der Waals surface area contributed by atoms with Crippen LogP contribution in [0.3, 0.4) is 0 Å². The number of imidazole rings is 1. The molecule has 0 fully saturated rings. The number of aromatic nitrogens is 2. The molecule has 20 heavy (non-hydrogen) atoms. The number of fused-ring (bicyclic) bond motifs is 1. The molecule has 0 unspecified atom stereocenters. The van der Waals surface area contributed by atoms with Crippen molar-refractivity contribution >= 4 is 32.2 Å². The Morgan fingerprint density at radius 2 is 2.35 bits per heavy atom. The molecule has 0 aliphatic carbocycles. The molecule has 2 heterocycles. The van der Waals surface area contributed by atoms with E-state index in [1.165, 1.54) is 17.4 Å². The van der Waals surface area contributed by atoms with Gasteiger partial charge in [-0.2, -0.15) is 4.98 Å². The summed E-state index contributed by atoms with van der Waals surface area (Å²) < 4.78 is 22.1. The number of halogens is 2. The van der Waals surface area contributed by atoms with Crippen molar-refractivity contribution in [3.05, 3.63) is 45.8 Å². The van der Waals surface area contributed by atoms with Gasteiger partial charge in [0.2, 0.25) is 5.88 Å². The fourth-order valence-electron chi connectivity index (χ4n) is 1.88. The van der Waals surface area contributed by atoms with Gasteiger partial charge >= 0.3 is 0 Å². The van der Waals surface area contributed by atoms with E-state index in [0.29, 0.717) is 16.9 Å². The Morgan fingerprint density at radius 3 is 3.10 bits per heavy atom. The Balaban J connectivity index is 2.01. The van der Waals surface area contributed by atoms with Crippen LogP contribution in [0.15, 0.2) is 34.2 Å². The highest BCUT2D eigenvalue weighted by atomic mass is 79.9. The molecule has 3 aromatic rings. The minimum absolute atomic E-state index is 0.163. The lowest BCUT2D eigenvalue weighted by atomic mass is 10.3. The zero-order chi connectivity index (χ0) is 14.1. The van der Waals surface area contributed by atoms with E-state index < -0.39 is 5.82 Å². The van der Waals surface area contributed by atoms with E-state index in [1.807, 2.05) is 23.0 Å². The summed E-state index contributed by atoms with van der Waals surface area (Å²) in [4.78, 5) is 5.21. The average molecular weight is 356 g/mol. The predicted molar refractivity (Wildman–Crippen MR) is 80.0 cm³/mol. The lowest BCUT2D eigenvalue weighted by Crippen LogP contribution is -2.08. The van der Waals surface area contributed by atoms with Crippen LogP contribution in [0, 0.1) is 5.82 Å². The van der Waals surface area contributed by atoms with E-state index in [9.17, 15) is 4.39 Å². The molecule has 3 rings (SSSR count). The molecule has 4 nitrogen and oxygen atoms in total. The first kappa shape index (κ1) is 13.5. The molecule has 0 amide bonds. The maximum atomic E-state index is 13.8. The zero-order valence-electron chi connectivity index (χ0n) is 10.6. The molecule has 0 atom stereocenters. The van der Waals surface area contributed by atoms with E-state index in [1.54, 1.807) is 12.1 Å². The van der Waals surface area contributed by atoms with Gasteiger partial charge in [-0.25, -0.2) is 4.39 Å². The summed E-state index contributed by atoms with van der Waals surface area (Å²) in [6, 6.07) is 4.68. The largest absolute Gasteiger partial charge is 0.434 e. The summed E-state index contributed by atoms with van der Waals surface area (Å²) in [5.74, 6) is 0.162. The van der Waals surface area contributed by atoms with Gasteiger partial charge in [-0.15, -0.1) is 11.3 Å². The molecule has 1 N–H and O–H groups in total. The van der Waals surface area contributed by atoms with Crippen molar-refractivity contribution in [3.63, 3.8) is 0 Å². The summed E-state index contributed by atoms with van der Waals surface area (Å²) in [6.07, 6.45) is 1.92. The first-order chi connectivity index (χ1) is 9.69. The summed E-state index contributed by atoms with van der Waals surface area (Å²) in [7, 11) is 1.84. The maximum absolute atomic E-state index is 13.8. The predicted octanol–water partition coefficient (Wildman–Crippen LogP) is 3.81. The number of thiazole rings is 1. The van der Waals surface area contributed by atoms with Crippen LogP contribution in [0.4, 0.5) is 4.39 Å². The highest BCUT2D eigenvalue weighted by Crippen LogP contribution is 2.30. The van der Waals surface area contributed by atoms with Gasteiger partial charge in [-0.1, -0.05) is 15.9 Å². The maximum Gasteiger partial charge on any atom is 0.243 e. The molecule has 1 aromatic carbocycles. The standard InChI is InChI=1S/C13H11BrFN3OS/c1-16-7-10-12(17-13-18(10)4-5-20-13)19-11-3-2-8(14)6-9(11)15/h2-6,16H,7H2,1H3. The highest BCUT2D eigenvalue weighted by Gasteiger charge is 2.16. The third kappa shape index (κ3) is 2.44. The van der Waals surface area contributed by atoms with Gasteiger partial charge in [0.1, 0.15) is 5.69 Å². The van der Waals surface area contributed by atoms with Crippen LogP contribution >= 0.6 is 27.3 Å². The van der Waals surface area contributed by atoms with Crippen molar-refractivity contribution in [2.75, 3.05) is 7.05 Å². The van der Waals surface area contributed by atoms with Gasteiger partial charge in [0, 0.05) is 22.6 Å². The fourth-order valence-corrected chi connectivity index (χ4v) is 2.94. The Labute approximate surface area is 127 Å². The van der Waals surface area contributed by atoms with Gasteiger partial charge in [0.25, 0.3) is 0 Å². The van der Waals surface area contributed by atoms with Gasteiger partial charge in [0.05, 0.1) is 0 Å². The topological polar surface area (TPSA) is 38.6 Å². The summed E-state index contributed by atoms with van der Waals surface area (Å²) >= 11 is 4.73. The molecule has 0 aliphatic heterocycles. The molecule has 0 bridgehead atoms. The number of nitrogens with zero attached hydrogens (tertiary/aromatic N) is 2. The molecule has 0 radical (unpaired) electrons. The number of hydrogen-bond donors (Lipinski definition) is 1. The van der Waals surface area contributed by atoms with Crippen molar-refractivity contribution < 1.29 is 9.13 Å². The lowest BCUT2D eigenvalue weighted by molar-refractivity contribution is 0.423. The smallest absolute Gasteiger partial charge is 0.243 e. The molecule has 0 saturated carbocycles. The Hall–Kier alpha value is -1.44. The van der Waals surface area contributed by atoms with Crippen LogP contribution in [-0.2, 0) is 6.54 Å². The SMILES string of the molecule is CNCc1c(Oc2ccc(Br)cc2F)nc2sccn12. The first-order valence-electron chi connectivity index (χ1n) is 5.91. The van der Waals surface area contributed by atoms with Crippen molar-refractivity contribution in [3.8, 4) is 11.6 Å². The van der Waals surface area contributed by atoms with Gasteiger partial charge in [0.15, 0.2) is 16.5 Å². The van der Waals surface area contributed by atoms with Crippen LogP contribution in [0.2, 0.25) is 0 Å². The number of nitrogens with one attached hydrogen (secondary N) is 1. The summed E-state index contributed by atoms with van der Waals surface area (Å²) in [5, 5.41) is 5.01. The normalized spacial score (nSPS) is 11.2. The van der Waals surface area contributed by atoms with Gasteiger partial charge in [-0.3, -0.25) is 4.40 Å². The molecule has 104 valence electrons. The van der Waals surface area contributed by atoms with E-state index in [-0.39, 0.29) is 5.75 Å². The van der Waals surface area contributed by atoms with Crippen LogP contribution in [0.5, 0.6) is 11.6 Å². The minimum atomic E-state index is -0.425. The van der Waals surface area contributed by atoms with Crippen molar-refractivity contribution in [2.45, 2.75) is 6.54 Å². The average Bonchev–Trinajstić information content (AvgIpc) is 2.96. The number of rotatable bonds is 4. The van der Waals surface area contributed by atoms with Crippen molar-refractivity contribution in [1.82, 2.24) is 14.7 Å². The lowest BCUT2D eigenvalue weighted by Gasteiger charge is -2.07. The van der Waals surface area contributed by atoms with Crippen LogP contribution in [0.25, 0.3) is 4.96 Å². The molecule has 2 aromatic heterocycles.